The van der Waals surface area contributed by atoms with E-state index in [1.807, 2.05) is 81.4 Å². The monoisotopic (exact) mass is 533 g/mol. The van der Waals surface area contributed by atoms with Crippen LogP contribution in [0.5, 0.6) is 11.5 Å². The molecule has 1 N–H and O–H groups in total. The van der Waals surface area contributed by atoms with Crippen LogP contribution < -0.4 is 14.4 Å². The lowest BCUT2D eigenvalue weighted by molar-refractivity contribution is -0.132. The number of nitrogens with zero attached hydrogens (tertiary/aromatic N) is 1. The van der Waals surface area contributed by atoms with Crippen LogP contribution in [0.4, 0.5) is 5.69 Å². The second-order valence-corrected chi connectivity index (χ2v) is 9.99. The number of benzene rings is 4. The molecule has 0 spiro atoms. The normalized spacial score (nSPS) is 16.3. The largest absolute Gasteiger partial charge is 0.507 e. The van der Waals surface area contributed by atoms with Gasteiger partial charge < -0.3 is 14.6 Å². The Labute approximate surface area is 234 Å². The number of carbonyl (C=O) groups excluding carboxylic acids is 2. The van der Waals surface area contributed by atoms with Crippen LogP contribution in [-0.2, 0) is 16.2 Å². The van der Waals surface area contributed by atoms with Crippen LogP contribution in [0.15, 0.2) is 96.6 Å². The Bertz CT molecular complexity index is 1610. The Morgan fingerprint density at radius 3 is 2.25 bits per heavy atom. The van der Waals surface area contributed by atoms with E-state index < -0.39 is 17.7 Å². The third-order valence-corrected chi connectivity index (χ3v) is 7.19. The van der Waals surface area contributed by atoms with Gasteiger partial charge in [-0.15, -0.1) is 0 Å². The highest BCUT2D eigenvalue weighted by Gasteiger charge is 2.47. The zero-order valence-corrected chi connectivity index (χ0v) is 23.0. The van der Waals surface area contributed by atoms with E-state index in [4.69, 9.17) is 9.47 Å². The summed E-state index contributed by atoms with van der Waals surface area (Å²) < 4.78 is 11.3. The number of amides is 1. The summed E-state index contributed by atoms with van der Waals surface area (Å²) in [7, 11) is 1.58. The van der Waals surface area contributed by atoms with Crippen molar-refractivity contribution < 1.29 is 24.2 Å². The van der Waals surface area contributed by atoms with Gasteiger partial charge in [0.25, 0.3) is 11.7 Å². The molecular weight excluding hydrogens is 502 g/mol. The number of ketones is 1. The molecule has 4 aromatic carbocycles. The molecule has 4 aromatic rings. The average Bonchev–Trinajstić information content (AvgIpc) is 3.23. The van der Waals surface area contributed by atoms with Crippen molar-refractivity contribution in [2.75, 3.05) is 12.0 Å². The maximum atomic E-state index is 13.6. The van der Waals surface area contributed by atoms with Crippen LogP contribution in [0.2, 0.25) is 0 Å². The molecule has 1 aliphatic rings. The highest BCUT2D eigenvalue weighted by Crippen LogP contribution is 2.44. The lowest BCUT2D eigenvalue weighted by Gasteiger charge is -2.27. The number of rotatable bonds is 7. The van der Waals surface area contributed by atoms with Crippen molar-refractivity contribution in [3.05, 3.63) is 130 Å². The molecule has 40 heavy (non-hydrogen) atoms. The molecule has 1 unspecified atom stereocenters. The van der Waals surface area contributed by atoms with Crippen molar-refractivity contribution in [2.24, 2.45) is 0 Å². The molecular formula is C34H31NO5. The van der Waals surface area contributed by atoms with Gasteiger partial charge in [-0.25, -0.2) is 0 Å². The first-order valence-corrected chi connectivity index (χ1v) is 13.1. The molecule has 0 bridgehead atoms. The number of anilines is 1. The topological polar surface area (TPSA) is 76.1 Å². The summed E-state index contributed by atoms with van der Waals surface area (Å²) in [5.74, 6) is -0.335. The number of aliphatic hydroxyl groups excluding tert-OH is 1. The Kier molecular flexibility index (Phi) is 7.43. The van der Waals surface area contributed by atoms with Crippen LogP contribution in [0, 0.1) is 20.8 Å². The van der Waals surface area contributed by atoms with Gasteiger partial charge in [-0.1, -0.05) is 54.6 Å². The first kappa shape index (κ1) is 26.8. The van der Waals surface area contributed by atoms with E-state index in [-0.39, 0.29) is 11.3 Å². The third kappa shape index (κ3) is 5.08. The summed E-state index contributed by atoms with van der Waals surface area (Å²) >= 11 is 0. The number of aryl methyl sites for hydroxylation is 3. The summed E-state index contributed by atoms with van der Waals surface area (Å²) in [5.41, 5.74) is 5.42. The van der Waals surface area contributed by atoms with Crippen molar-refractivity contribution in [3.63, 3.8) is 0 Å². The Morgan fingerprint density at radius 1 is 0.850 bits per heavy atom. The van der Waals surface area contributed by atoms with Crippen LogP contribution >= 0.6 is 0 Å². The molecule has 1 amide bonds. The Hall–Kier alpha value is -4.84. The number of carbonyl (C=O) groups is 2. The fourth-order valence-electron chi connectivity index (χ4n) is 5.01. The van der Waals surface area contributed by atoms with Crippen molar-refractivity contribution in [1.82, 2.24) is 0 Å². The SMILES string of the molecule is COc1ccc(C2/C(=C(/O)c3ccc(OCc4ccccc4)c(C)c3)C(=O)C(=O)N2c2cc(C)ccc2C)cc1. The maximum absolute atomic E-state index is 13.6. The van der Waals surface area contributed by atoms with E-state index in [1.54, 1.807) is 37.4 Å². The summed E-state index contributed by atoms with van der Waals surface area (Å²) in [5, 5.41) is 11.6. The zero-order valence-electron chi connectivity index (χ0n) is 23.0. The highest BCUT2D eigenvalue weighted by atomic mass is 16.5. The number of Topliss-reactive ketones (excluding diaryl/α,β-unsaturated/α-hetero) is 1. The number of methoxy groups -OCH3 is 1. The molecule has 5 rings (SSSR count). The van der Waals surface area contributed by atoms with Gasteiger partial charge >= 0.3 is 0 Å². The van der Waals surface area contributed by atoms with Crippen LogP contribution in [0.25, 0.3) is 5.76 Å². The summed E-state index contributed by atoms with van der Waals surface area (Å²) in [6.07, 6.45) is 0. The van der Waals surface area contributed by atoms with Gasteiger partial charge in [-0.2, -0.15) is 0 Å². The van der Waals surface area contributed by atoms with Gasteiger partial charge in [0.1, 0.15) is 23.9 Å². The molecule has 202 valence electrons. The standard InChI is InChI=1S/C34H31NO5/c1-21-10-11-22(2)28(18-21)35-31(25-12-15-27(39-4)16-13-25)30(33(37)34(35)38)32(36)26-14-17-29(23(3)19-26)40-20-24-8-6-5-7-9-24/h5-19,31,36H,20H2,1-4H3/b32-30-. The molecule has 1 saturated heterocycles. The molecule has 1 heterocycles. The molecule has 0 aliphatic carbocycles. The average molecular weight is 534 g/mol. The summed E-state index contributed by atoms with van der Waals surface area (Å²) in [6.45, 7) is 6.13. The number of ether oxygens (including phenoxy) is 2. The lowest BCUT2D eigenvalue weighted by atomic mass is 9.94. The predicted molar refractivity (Wildman–Crippen MR) is 156 cm³/mol. The van der Waals surface area contributed by atoms with Gasteiger partial charge in [0.15, 0.2) is 0 Å². The second kappa shape index (κ2) is 11.1. The van der Waals surface area contributed by atoms with E-state index in [0.717, 1.165) is 22.3 Å². The Morgan fingerprint density at radius 2 is 1.57 bits per heavy atom. The number of hydrogen-bond acceptors (Lipinski definition) is 5. The fraction of sp³-hybridized carbons (Fsp3) is 0.176. The predicted octanol–water partition coefficient (Wildman–Crippen LogP) is 6.83. The molecule has 0 radical (unpaired) electrons. The van der Waals surface area contributed by atoms with Gasteiger partial charge in [-0.05, 0) is 85.0 Å². The molecule has 1 atom stereocenters. The molecule has 6 heteroatoms. The molecule has 1 fully saturated rings. The van der Waals surface area contributed by atoms with Crippen molar-refractivity contribution >= 4 is 23.1 Å². The smallest absolute Gasteiger partial charge is 0.300 e. The molecule has 0 aromatic heterocycles. The van der Waals surface area contributed by atoms with E-state index >= 15 is 0 Å². The van der Waals surface area contributed by atoms with E-state index in [9.17, 15) is 14.7 Å². The number of hydrogen-bond donors (Lipinski definition) is 1. The molecule has 0 saturated carbocycles. The van der Waals surface area contributed by atoms with Gasteiger partial charge in [0.05, 0.1) is 18.7 Å². The quantitative estimate of drug-likeness (QED) is 0.160. The lowest BCUT2D eigenvalue weighted by Crippen LogP contribution is -2.30. The minimum Gasteiger partial charge on any atom is -0.507 e. The summed E-state index contributed by atoms with van der Waals surface area (Å²) in [4.78, 5) is 28.6. The van der Waals surface area contributed by atoms with Crippen LogP contribution in [-0.4, -0.2) is 23.9 Å². The van der Waals surface area contributed by atoms with Gasteiger partial charge in [-0.3, -0.25) is 14.5 Å². The van der Waals surface area contributed by atoms with Gasteiger partial charge in [0.2, 0.25) is 0 Å². The van der Waals surface area contributed by atoms with Crippen molar-refractivity contribution in [1.29, 1.82) is 0 Å². The summed E-state index contributed by atoms with van der Waals surface area (Å²) in [6, 6.07) is 27.2. The van der Waals surface area contributed by atoms with Gasteiger partial charge in [0, 0.05) is 11.3 Å². The van der Waals surface area contributed by atoms with Crippen molar-refractivity contribution in [3.8, 4) is 11.5 Å². The highest BCUT2D eigenvalue weighted by molar-refractivity contribution is 6.51. The second-order valence-electron chi connectivity index (χ2n) is 9.99. The first-order valence-electron chi connectivity index (χ1n) is 13.1. The minimum absolute atomic E-state index is 0.0356. The minimum atomic E-state index is -0.819. The van der Waals surface area contributed by atoms with Crippen LogP contribution in [0.1, 0.15) is 39.4 Å². The van der Waals surface area contributed by atoms with E-state index in [1.165, 1.54) is 4.90 Å². The van der Waals surface area contributed by atoms with Crippen molar-refractivity contribution in [2.45, 2.75) is 33.4 Å². The number of aliphatic hydroxyl groups is 1. The third-order valence-electron chi connectivity index (χ3n) is 7.19. The maximum Gasteiger partial charge on any atom is 0.300 e. The van der Waals surface area contributed by atoms with E-state index in [2.05, 4.69) is 0 Å². The Balaban J connectivity index is 1.58. The molecule has 1 aliphatic heterocycles. The fourth-order valence-corrected chi connectivity index (χ4v) is 5.01. The zero-order chi connectivity index (χ0) is 28.4. The first-order chi connectivity index (χ1) is 19.3. The van der Waals surface area contributed by atoms with E-state index in [0.29, 0.717) is 34.9 Å². The molecule has 6 nitrogen and oxygen atoms in total. The van der Waals surface area contributed by atoms with Crippen LogP contribution in [0.3, 0.4) is 0 Å².